The van der Waals surface area contributed by atoms with Gasteiger partial charge in [-0.15, -0.1) is 0 Å². The Kier molecular flexibility index (Phi) is 2.09. The second-order valence-corrected chi connectivity index (χ2v) is 4.54. The van der Waals surface area contributed by atoms with Gasteiger partial charge in [-0.25, -0.2) is 9.97 Å². The van der Waals surface area contributed by atoms with Gasteiger partial charge in [-0.2, -0.15) is 0 Å². The van der Waals surface area contributed by atoms with E-state index in [1.807, 2.05) is 12.3 Å². The number of hydrogen-bond donors (Lipinski definition) is 1. The van der Waals surface area contributed by atoms with Crippen LogP contribution in [0.1, 0.15) is 31.0 Å². The number of anilines is 1. The fraction of sp³-hybridized carbons (Fsp3) is 0.636. The van der Waals surface area contributed by atoms with Gasteiger partial charge in [0.05, 0.1) is 0 Å². The van der Waals surface area contributed by atoms with Crippen molar-refractivity contribution in [3.8, 4) is 0 Å². The highest BCUT2D eigenvalue weighted by Crippen LogP contribution is 2.38. The zero-order valence-electron chi connectivity index (χ0n) is 8.76. The molecule has 1 saturated carbocycles. The highest BCUT2D eigenvalue weighted by molar-refractivity contribution is 5.39. The minimum atomic E-state index is 0.310. The lowest BCUT2D eigenvalue weighted by Gasteiger charge is -2.16. The second kappa shape index (κ2) is 3.45. The lowest BCUT2D eigenvalue weighted by molar-refractivity contribution is 0.750. The molecule has 0 radical (unpaired) electrons. The van der Waals surface area contributed by atoms with Crippen molar-refractivity contribution in [3.05, 3.63) is 18.1 Å². The third-order valence-electron chi connectivity index (χ3n) is 3.15. The monoisotopic (exact) mass is 204 g/mol. The molecular formula is C11H16N4. The molecule has 2 fully saturated rings. The maximum absolute atomic E-state index is 5.89. The van der Waals surface area contributed by atoms with Crippen LogP contribution in [0.5, 0.6) is 0 Å². The first kappa shape index (κ1) is 9.09. The average molecular weight is 204 g/mol. The average Bonchev–Trinajstić information content (AvgIpc) is 3.02. The standard InChI is InChI=1S/C11H16N4/c12-9-4-6-15(7-9)10-3-5-13-11(14-10)8-1-2-8/h3,5,8-9H,1-2,4,6-7,12H2/t9-/m0/s1. The SMILES string of the molecule is N[C@H]1CCN(c2ccnc(C3CC3)n2)C1. The molecule has 1 aliphatic carbocycles. The van der Waals surface area contributed by atoms with Gasteiger partial charge in [0.15, 0.2) is 0 Å². The van der Waals surface area contributed by atoms with E-state index < -0.39 is 0 Å². The highest BCUT2D eigenvalue weighted by Gasteiger charge is 2.27. The predicted molar refractivity (Wildman–Crippen MR) is 58.8 cm³/mol. The summed E-state index contributed by atoms with van der Waals surface area (Å²) in [5.74, 6) is 2.70. The summed E-state index contributed by atoms with van der Waals surface area (Å²) in [7, 11) is 0. The lowest BCUT2D eigenvalue weighted by Crippen LogP contribution is -2.27. The van der Waals surface area contributed by atoms with E-state index in [1.54, 1.807) is 0 Å². The van der Waals surface area contributed by atoms with E-state index >= 15 is 0 Å². The van der Waals surface area contributed by atoms with Gasteiger partial charge >= 0.3 is 0 Å². The van der Waals surface area contributed by atoms with Crippen LogP contribution in [0.15, 0.2) is 12.3 Å². The Morgan fingerprint density at radius 1 is 1.33 bits per heavy atom. The van der Waals surface area contributed by atoms with Gasteiger partial charge < -0.3 is 10.6 Å². The number of nitrogens with zero attached hydrogens (tertiary/aromatic N) is 3. The van der Waals surface area contributed by atoms with E-state index in [-0.39, 0.29) is 0 Å². The van der Waals surface area contributed by atoms with E-state index in [0.717, 1.165) is 31.2 Å². The molecule has 1 saturated heterocycles. The number of aromatic nitrogens is 2. The van der Waals surface area contributed by atoms with Gasteiger partial charge in [-0.3, -0.25) is 0 Å². The van der Waals surface area contributed by atoms with Crippen LogP contribution in [0.25, 0.3) is 0 Å². The molecule has 4 nitrogen and oxygen atoms in total. The van der Waals surface area contributed by atoms with Crippen molar-refractivity contribution in [2.45, 2.75) is 31.2 Å². The summed E-state index contributed by atoms with van der Waals surface area (Å²) in [5.41, 5.74) is 5.89. The van der Waals surface area contributed by atoms with Gasteiger partial charge in [0.2, 0.25) is 0 Å². The Hall–Kier alpha value is -1.16. The van der Waals surface area contributed by atoms with Gasteiger partial charge in [-0.05, 0) is 25.3 Å². The van der Waals surface area contributed by atoms with Gasteiger partial charge in [0.1, 0.15) is 11.6 Å². The first-order valence-corrected chi connectivity index (χ1v) is 5.66. The molecule has 1 aromatic rings. The summed E-state index contributed by atoms with van der Waals surface area (Å²) < 4.78 is 0. The first-order chi connectivity index (χ1) is 7.33. The van der Waals surface area contributed by atoms with Crippen molar-refractivity contribution in [1.82, 2.24) is 9.97 Å². The molecular weight excluding hydrogens is 188 g/mol. The Bertz CT molecular complexity index is 361. The quantitative estimate of drug-likeness (QED) is 0.777. The molecule has 3 rings (SSSR count). The van der Waals surface area contributed by atoms with Crippen LogP contribution in [-0.2, 0) is 0 Å². The van der Waals surface area contributed by atoms with Crippen LogP contribution in [0.3, 0.4) is 0 Å². The maximum Gasteiger partial charge on any atom is 0.133 e. The summed E-state index contributed by atoms with van der Waals surface area (Å²) in [5, 5.41) is 0. The van der Waals surface area contributed by atoms with E-state index in [4.69, 9.17) is 5.73 Å². The Morgan fingerprint density at radius 2 is 2.20 bits per heavy atom. The number of rotatable bonds is 2. The molecule has 0 spiro atoms. The normalized spacial score (nSPS) is 25.9. The van der Waals surface area contributed by atoms with E-state index in [0.29, 0.717) is 12.0 Å². The molecule has 80 valence electrons. The highest BCUT2D eigenvalue weighted by atomic mass is 15.2. The van der Waals surface area contributed by atoms with Crippen LogP contribution < -0.4 is 10.6 Å². The summed E-state index contributed by atoms with van der Waals surface area (Å²) >= 11 is 0. The van der Waals surface area contributed by atoms with Crippen molar-refractivity contribution in [2.24, 2.45) is 5.73 Å². The van der Waals surface area contributed by atoms with Gasteiger partial charge in [-0.1, -0.05) is 0 Å². The van der Waals surface area contributed by atoms with Crippen molar-refractivity contribution >= 4 is 5.82 Å². The topological polar surface area (TPSA) is 55.0 Å². The van der Waals surface area contributed by atoms with Gasteiger partial charge in [0.25, 0.3) is 0 Å². The van der Waals surface area contributed by atoms with Crippen LogP contribution in [-0.4, -0.2) is 29.1 Å². The van der Waals surface area contributed by atoms with Crippen molar-refractivity contribution in [2.75, 3.05) is 18.0 Å². The molecule has 1 atom stereocenters. The molecule has 2 N–H and O–H groups in total. The molecule has 2 aliphatic rings. The second-order valence-electron chi connectivity index (χ2n) is 4.54. The molecule has 4 heteroatoms. The molecule has 0 unspecified atom stereocenters. The summed E-state index contributed by atoms with van der Waals surface area (Å²) in [6.07, 6.45) is 5.45. The number of nitrogens with two attached hydrogens (primary N) is 1. The minimum absolute atomic E-state index is 0.310. The van der Waals surface area contributed by atoms with Crippen LogP contribution in [0.2, 0.25) is 0 Å². The minimum Gasteiger partial charge on any atom is -0.355 e. The first-order valence-electron chi connectivity index (χ1n) is 5.66. The zero-order chi connectivity index (χ0) is 10.3. The molecule has 2 heterocycles. The van der Waals surface area contributed by atoms with Crippen LogP contribution in [0.4, 0.5) is 5.82 Å². The molecule has 0 aromatic carbocycles. The Morgan fingerprint density at radius 3 is 2.87 bits per heavy atom. The Balaban J connectivity index is 1.81. The Labute approximate surface area is 89.5 Å². The summed E-state index contributed by atoms with van der Waals surface area (Å²) in [6.45, 7) is 1.96. The van der Waals surface area contributed by atoms with Crippen molar-refractivity contribution in [3.63, 3.8) is 0 Å². The summed E-state index contributed by atoms with van der Waals surface area (Å²) in [4.78, 5) is 11.2. The zero-order valence-corrected chi connectivity index (χ0v) is 8.76. The predicted octanol–water partition coefficient (Wildman–Crippen LogP) is 0.891. The fourth-order valence-corrected chi connectivity index (χ4v) is 2.07. The number of hydrogen-bond acceptors (Lipinski definition) is 4. The van der Waals surface area contributed by atoms with Crippen LogP contribution >= 0.6 is 0 Å². The third-order valence-corrected chi connectivity index (χ3v) is 3.15. The molecule has 1 aromatic heterocycles. The van der Waals surface area contributed by atoms with E-state index in [1.165, 1.54) is 12.8 Å². The third kappa shape index (κ3) is 1.81. The molecule has 15 heavy (non-hydrogen) atoms. The van der Waals surface area contributed by atoms with E-state index in [9.17, 15) is 0 Å². The van der Waals surface area contributed by atoms with Crippen molar-refractivity contribution in [1.29, 1.82) is 0 Å². The van der Waals surface area contributed by atoms with Crippen molar-refractivity contribution < 1.29 is 0 Å². The molecule has 1 aliphatic heterocycles. The largest absolute Gasteiger partial charge is 0.355 e. The van der Waals surface area contributed by atoms with Gasteiger partial charge in [0, 0.05) is 31.2 Å². The lowest BCUT2D eigenvalue weighted by atomic mass is 10.3. The van der Waals surface area contributed by atoms with E-state index in [2.05, 4.69) is 14.9 Å². The maximum atomic E-state index is 5.89. The van der Waals surface area contributed by atoms with Crippen LogP contribution in [0, 0.1) is 0 Å². The molecule has 0 bridgehead atoms. The molecule has 0 amide bonds. The smallest absolute Gasteiger partial charge is 0.133 e. The fourth-order valence-electron chi connectivity index (χ4n) is 2.07. The summed E-state index contributed by atoms with van der Waals surface area (Å²) in [6, 6.07) is 2.30.